The second-order valence-electron chi connectivity index (χ2n) is 5.54. The van der Waals surface area contributed by atoms with E-state index in [-0.39, 0.29) is 24.4 Å². The zero-order valence-corrected chi connectivity index (χ0v) is 15.1. The van der Waals surface area contributed by atoms with Crippen LogP contribution in [0.2, 0.25) is 0 Å². The average molecular weight is 373 g/mol. The summed E-state index contributed by atoms with van der Waals surface area (Å²) in [6.45, 7) is 2.50. The van der Waals surface area contributed by atoms with Gasteiger partial charge in [-0.1, -0.05) is 19.1 Å². The maximum Gasteiger partial charge on any atom is 0.339 e. The van der Waals surface area contributed by atoms with Crippen molar-refractivity contribution >= 4 is 29.3 Å². The molecule has 1 aliphatic heterocycles. The Hall–Kier alpha value is -2.67. The van der Waals surface area contributed by atoms with E-state index in [0.29, 0.717) is 29.4 Å². The first-order valence-corrected chi connectivity index (χ1v) is 9.24. The maximum absolute atomic E-state index is 12.2. The predicted molar refractivity (Wildman–Crippen MR) is 98.9 cm³/mol. The molecular weight excluding hydrogens is 354 g/mol. The normalized spacial score (nSPS) is 11.9. The Bertz CT molecular complexity index is 808. The van der Waals surface area contributed by atoms with Gasteiger partial charge >= 0.3 is 5.97 Å². The van der Waals surface area contributed by atoms with Crippen LogP contribution >= 0.6 is 11.8 Å². The molecule has 0 bridgehead atoms. The molecule has 7 heteroatoms. The third-order valence-electron chi connectivity index (χ3n) is 3.56. The second-order valence-corrected chi connectivity index (χ2v) is 6.55. The maximum atomic E-state index is 12.2. The second kappa shape index (κ2) is 8.62. The number of fused-ring (bicyclic) bond motifs is 1. The van der Waals surface area contributed by atoms with Crippen LogP contribution in [0.5, 0.6) is 11.5 Å². The lowest BCUT2D eigenvalue weighted by Crippen LogP contribution is -2.14. The minimum Gasteiger partial charge on any atom is -0.462 e. The molecule has 2 aromatic rings. The number of hydrogen-bond donors (Lipinski definition) is 1. The fourth-order valence-electron chi connectivity index (χ4n) is 2.35. The third kappa shape index (κ3) is 4.49. The minimum absolute atomic E-state index is 0.173. The molecular formula is C19H19NO5S. The Morgan fingerprint density at radius 3 is 2.81 bits per heavy atom. The van der Waals surface area contributed by atoms with Crippen molar-refractivity contribution in [1.29, 1.82) is 0 Å². The summed E-state index contributed by atoms with van der Waals surface area (Å²) in [7, 11) is 0. The lowest BCUT2D eigenvalue weighted by Gasteiger charge is -2.09. The molecule has 0 radical (unpaired) electrons. The highest BCUT2D eigenvalue weighted by molar-refractivity contribution is 8.00. The Kier molecular flexibility index (Phi) is 6.01. The van der Waals surface area contributed by atoms with Gasteiger partial charge in [0.05, 0.1) is 17.9 Å². The van der Waals surface area contributed by atoms with Crippen LogP contribution in [0.3, 0.4) is 0 Å². The summed E-state index contributed by atoms with van der Waals surface area (Å²) in [5.74, 6) is 0.903. The molecule has 0 unspecified atom stereocenters. The highest BCUT2D eigenvalue weighted by Gasteiger charge is 2.16. The van der Waals surface area contributed by atoms with Crippen molar-refractivity contribution in [3.63, 3.8) is 0 Å². The van der Waals surface area contributed by atoms with E-state index in [1.807, 2.05) is 13.0 Å². The van der Waals surface area contributed by atoms with Crippen LogP contribution < -0.4 is 14.8 Å². The van der Waals surface area contributed by atoms with E-state index in [9.17, 15) is 9.59 Å². The molecule has 2 aromatic carbocycles. The van der Waals surface area contributed by atoms with E-state index >= 15 is 0 Å². The fourth-order valence-corrected chi connectivity index (χ4v) is 3.19. The monoisotopic (exact) mass is 373 g/mol. The van der Waals surface area contributed by atoms with Gasteiger partial charge in [0.25, 0.3) is 0 Å². The first kappa shape index (κ1) is 18.1. The van der Waals surface area contributed by atoms with Gasteiger partial charge in [-0.25, -0.2) is 4.79 Å². The number of hydrogen-bond acceptors (Lipinski definition) is 6. The van der Waals surface area contributed by atoms with Crippen LogP contribution in [0, 0.1) is 0 Å². The molecule has 1 amide bonds. The highest BCUT2D eigenvalue weighted by Crippen LogP contribution is 2.34. The quantitative estimate of drug-likeness (QED) is 0.589. The number of esters is 1. The third-order valence-corrected chi connectivity index (χ3v) is 4.63. The minimum atomic E-state index is -0.369. The summed E-state index contributed by atoms with van der Waals surface area (Å²) in [5, 5.41) is 2.81. The predicted octanol–water partition coefficient (Wildman–Crippen LogP) is 3.71. The van der Waals surface area contributed by atoms with Gasteiger partial charge in [0.2, 0.25) is 12.7 Å². The Labute approximate surface area is 155 Å². The molecule has 1 aliphatic rings. The van der Waals surface area contributed by atoms with Crippen molar-refractivity contribution in [3.8, 4) is 11.5 Å². The van der Waals surface area contributed by atoms with E-state index < -0.39 is 0 Å². The molecule has 26 heavy (non-hydrogen) atoms. The molecule has 1 N–H and O–H groups in total. The summed E-state index contributed by atoms with van der Waals surface area (Å²) < 4.78 is 15.7. The zero-order valence-electron chi connectivity index (χ0n) is 14.3. The summed E-state index contributed by atoms with van der Waals surface area (Å²) in [6.07, 6.45) is 0.763. The molecule has 3 rings (SSSR count). The largest absolute Gasteiger partial charge is 0.462 e. The number of nitrogens with one attached hydrogen (secondary N) is 1. The van der Waals surface area contributed by atoms with Crippen molar-refractivity contribution in [2.45, 2.75) is 18.2 Å². The van der Waals surface area contributed by atoms with Crippen LogP contribution in [0.25, 0.3) is 0 Å². The lowest BCUT2D eigenvalue weighted by atomic mass is 10.2. The molecule has 0 aromatic heterocycles. The van der Waals surface area contributed by atoms with Crippen LogP contribution in [0.15, 0.2) is 47.4 Å². The first-order valence-electron chi connectivity index (χ1n) is 8.26. The summed E-state index contributed by atoms with van der Waals surface area (Å²) in [4.78, 5) is 25.0. The Morgan fingerprint density at radius 2 is 1.96 bits per heavy atom. The summed E-state index contributed by atoms with van der Waals surface area (Å²) in [5.41, 5.74) is 1.11. The molecule has 136 valence electrons. The molecule has 0 spiro atoms. The number of amides is 1. The highest BCUT2D eigenvalue weighted by atomic mass is 32.2. The average Bonchev–Trinajstić information content (AvgIpc) is 3.12. The number of ether oxygens (including phenoxy) is 3. The molecule has 0 atom stereocenters. The number of rotatable bonds is 7. The van der Waals surface area contributed by atoms with Gasteiger partial charge in [-0.15, -0.1) is 11.8 Å². The van der Waals surface area contributed by atoms with E-state index in [1.54, 1.807) is 36.4 Å². The smallest absolute Gasteiger partial charge is 0.339 e. The van der Waals surface area contributed by atoms with Crippen LogP contribution in [0.1, 0.15) is 23.7 Å². The number of anilines is 1. The number of benzene rings is 2. The van der Waals surface area contributed by atoms with Crippen molar-refractivity contribution in [2.75, 3.05) is 24.5 Å². The molecule has 1 heterocycles. The summed E-state index contributed by atoms with van der Waals surface area (Å²) in [6, 6.07) is 12.3. The number of thioether (sulfide) groups is 1. The fraction of sp³-hybridized carbons (Fsp3) is 0.263. The van der Waals surface area contributed by atoms with Gasteiger partial charge < -0.3 is 19.5 Å². The molecule has 0 saturated carbocycles. The van der Waals surface area contributed by atoms with Crippen LogP contribution in [-0.4, -0.2) is 31.0 Å². The number of carbonyl (C=O) groups excluding carboxylic acids is 2. The van der Waals surface area contributed by atoms with E-state index in [2.05, 4.69) is 5.32 Å². The van der Waals surface area contributed by atoms with Crippen molar-refractivity contribution in [2.24, 2.45) is 0 Å². The van der Waals surface area contributed by atoms with Gasteiger partial charge in [0.1, 0.15) is 0 Å². The lowest BCUT2D eigenvalue weighted by molar-refractivity contribution is -0.113. The van der Waals surface area contributed by atoms with Crippen molar-refractivity contribution in [3.05, 3.63) is 48.0 Å². The summed E-state index contributed by atoms with van der Waals surface area (Å²) >= 11 is 1.29. The standard InChI is InChI=1S/C19H19NO5S/c1-2-9-23-19(22)14-5-3-4-6-17(14)26-11-18(21)20-13-7-8-15-16(10-13)25-12-24-15/h3-8,10H,2,9,11-12H2,1H3,(H,20,21). The van der Waals surface area contributed by atoms with Gasteiger partial charge in [0.15, 0.2) is 11.5 Å². The first-order chi connectivity index (χ1) is 12.7. The Balaban J connectivity index is 1.58. The molecule has 6 nitrogen and oxygen atoms in total. The molecule has 0 aliphatic carbocycles. The molecule has 0 fully saturated rings. The Morgan fingerprint density at radius 1 is 1.15 bits per heavy atom. The van der Waals surface area contributed by atoms with Crippen LogP contribution in [-0.2, 0) is 9.53 Å². The topological polar surface area (TPSA) is 73.9 Å². The van der Waals surface area contributed by atoms with Gasteiger partial charge in [0, 0.05) is 16.6 Å². The molecule has 0 saturated heterocycles. The van der Waals surface area contributed by atoms with Gasteiger partial charge in [-0.05, 0) is 30.7 Å². The van der Waals surface area contributed by atoms with E-state index in [1.165, 1.54) is 11.8 Å². The van der Waals surface area contributed by atoms with E-state index in [0.717, 1.165) is 11.3 Å². The van der Waals surface area contributed by atoms with Crippen molar-refractivity contribution < 1.29 is 23.8 Å². The SMILES string of the molecule is CCCOC(=O)c1ccccc1SCC(=O)Nc1ccc2c(c1)OCO2. The number of carbonyl (C=O) groups is 2. The van der Waals surface area contributed by atoms with Gasteiger partial charge in [-0.2, -0.15) is 0 Å². The van der Waals surface area contributed by atoms with Crippen LogP contribution in [0.4, 0.5) is 5.69 Å². The zero-order chi connectivity index (χ0) is 18.4. The van der Waals surface area contributed by atoms with Gasteiger partial charge in [-0.3, -0.25) is 4.79 Å². The van der Waals surface area contributed by atoms with Crippen molar-refractivity contribution in [1.82, 2.24) is 0 Å². The van der Waals surface area contributed by atoms with E-state index in [4.69, 9.17) is 14.2 Å².